The molecule has 2 aromatic rings. The van der Waals surface area contributed by atoms with Crippen molar-refractivity contribution >= 4 is 23.5 Å². The fourth-order valence-electron chi connectivity index (χ4n) is 2.26. The number of carbonyl (C=O) groups is 3. The molecule has 0 spiro atoms. The molecular weight excluding hydrogens is 384 g/mol. The molecule has 0 aliphatic heterocycles. The fraction of sp³-hybridized carbons (Fsp3) is 0.200. The lowest BCUT2D eigenvalue weighted by Gasteiger charge is -2.08. The molecule has 2 aromatic carbocycles. The van der Waals surface area contributed by atoms with Crippen molar-refractivity contribution in [2.45, 2.75) is 12.8 Å². The lowest BCUT2D eigenvalue weighted by molar-refractivity contribution is -0.147. The summed E-state index contributed by atoms with van der Waals surface area (Å²) in [4.78, 5) is 35.2. The third-order valence-corrected chi connectivity index (χ3v) is 3.68. The van der Waals surface area contributed by atoms with E-state index < -0.39 is 36.0 Å². The molecule has 0 fully saturated rings. The molecule has 0 radical (unpaired) electrons. The highest BCUT2D eigenvalue weighted by Crippen LogP contribution is 2.10. The van der Waals surface area contributed by atoms with Crippen molar-refractivity contribution in [3.05, 3.63) is 65.2 Å². The fourth-order valence-corrected chi connectivity index (χ4v) is 2.26. The van der Waals surface area contributed by atoms with Gasteiger partial charge < -0.3 is 15.4 Å². The second kappa shape index (κ2) is 10.5. The SMILES string of the molecule is N#CCc1ccc(NC(=O)COC(=O)CCNC(=O)c2ccc(F)cc2F)cc1. The maximum Gasteiger partial charge on any atom is 0.308 e. The number of carbonyl (C=O) groups excluding carboxylic acids is 3. The number of hydrogen-bond acceptors (Lipinski definition) is 5. The summed E-state index contributed by atoms with van der Waals surface area (Å²) in [6.07, 6.45) is 0.0286. The van der Waals surface area contributed by atoms with Gasteiger partial charge in [-0.3, -0.25) is 14.4 Å². The molecule has 0 aliphatic rings. The number of nitriles is 1. The second-order valence-electron chi connectivity index (χ2n) is 5.87. The van der Waals surface area contributed by atoms with Crippen molar-refractivity contribution in [3.63, 3.8) is 0 Å². The van der Waals surface area contributed by atoms with Gasteiger partial charge in [0.1, 0.15) is 11.6 Å². The zero-order valence-electron chi connectivity index (χ0n) is 15.2. The lowest BCUT2D eigenvalue weighted by atomic mass is 10.1. The predicted octanol–water partition coefficient (Wildman–Crippen LogP) is 2.33. The Morgan fingerprint density at radius 3 is 2.45 bits per heavy atom. The van der Waals surface area contributed by atoms with Crippen molar-refractivity contribution in [3.8, 4) is 6.07 Å². The summed E-state index contributed by atoms with van der Waals surface area (Å²) in [7, 11) is 0. The van der Waals surface area contributed by atoms with Crippen LogP contribution in [0.5, 0.6) is 0 Å². The first kappa shape index (κ1) is 21.5. The molecule has 9 heteroatoms. The second-order valence-corrected chi connectivity index (χ2v) is 5.87. The molecule has 0 saturated heterocycles. The van der Waals surface area contributed by atoms with E-state index in [2.05, 4.69) is 10.6 Å². The minimum Gasteiger partial charge on any atom is -0.456 e. The third kappa shape index (κ3) is 7.03. The van der Waals surface area contributed by atoms with Crippen LogP contribution in [0, 0.1) is 23.0 Å². The van der Waals surface area contributed by atoms with Crippen LogP contribution in [0.25, 0.3) is 0 Å². The Morgan fingerprint density at radius 2 is 1.79 bits per heavy atom. The van der Waals surface area contributed by atoms with Crippen LogP contribution in [0.15, 0.2) is 42.5 Å². The summed E-state index contributed by atoms with van der Waals surface area (Å²) >= 11 is 0. The average molecular weight is 401 g/mol. The van der Waals surface area contributed by atoms with E-state index in [-0.39, 0.29) is 24.9 Å². The number of esters is 1. The molecule has 0 unspecified atom stereocenters. The van der Waals surface area contributed by atoms with Crippen molar-refractivity contribution in [1.82, 2.24) is 5.32 Å². The molecule has 2 rings (SSSR count). The van der Waals surface area contributed by atoms with Crippen molar-refractivity contribution in [1.29, 1.82) is 5.26 Å². The molecule has 29 heavy (non-hydrogen) atoms. The van der Waals surface area contributed by atoms with E-state index in [1.165, 1.54) is 0 Å². The highest BCUT2D eigenvalue weighted by atomic mass is 19.1. The molecule has 2 N–H and O–H groups in total. The van der Waals surface area contributed by atoms with Crippen molar-refractivity contribution in [2.75, 3.05) is 18.5 Å². The zero-order chi connectivity index (χ0) is 21.2. The van der Waals surface area contributed by atoms with Crippen LogP contribution in [-0.2, 0) is 20.7 Å². The van der Waals surface area contributed by atoms with E-state index >= 15 is 0 Å². The number of rotatable bonds is 8. The quantitative estimate of drug-likeness (QED) is 0.660. The Kier molecular flexibility index (Phi) is 7.79. The maximum atomic E-state index is 13.5. The van der Waals surface area contributed by atoms with Crippen LogP contribution in [0.2, 0.25) is 0 Å². The van der Waals surface area contributed by atoms with Gasteiger partial charge in [-0.05, 0) is 29.8 Å². The highest BCUT2D eigenvalue weighted by Gasteiger charge is 2.13. The van der Waals surface area contributed by atoms with Crippen LogP contribution < -0.4 is 10.6 Å². The van der Waals surface area contributed by atoms with E-state index in [1.54, 1.807) is 24.3 Å². The summed E-state index contributed by atoms with van der Waals surface area (Å²) in [5.41, 5.74) is 0.945. The summed E-state index contributed by atoms with van der Waals surface area (Å²) in [6.45, 7) is -0.657. The molecule has 0 bridgehead atoms. The Labute approximate surface area is 165 Å². The van der Waals surface area contributed by atoms with Gasteiger partial charge in [-0.2, -0.15) is 5.26 Å². The van der Waals surface area contributed by atoms with Crippen LogP contribution in [-0.4, -0.2) is 30.9 Å². The molecule has 0 aromatic heterocycles. The number of nitrogens with zero attached hydrogens (tertiary/aromatic N) is 1. The largest absolute Gasteiger partial charge is 0.456 e. The van der Waals surface area contributed by atoms with E-state index in [1.807, 2.05) is 6.07 Å². The van der Waals surface area contributed by atoms with E-state index in [0.717, 1.165) is 17.7 Å². The average Bonchev–Trinajstić information content (AvgIpc) is 2.68. The zero-order valence-corrected chi connectivity index (χ0v) is 15.2. The van der Waals surface area contributed by atoms with Crippen molar-refractivity contribution in [2.24, 2.45) is 0 Å². The minimum atomic E-state index is -1.01. The molecule has 0 saturated carbocycles. The predicted molar refractivity (Wildman–Crippen MR) is 98.7 cm³/mol. The van der Waals surface area contributed by atoms with E-state index in [4.69, 9.17) is 10.00 Å². The van der Waals surface area contributed by atoms with Gasteiger partial charge in [-0.25, -0.2) is 8.78 Å². The molecular formula is C20H17F2N3O4. The Morgan fingerprint density at radius 1 is 1.07 bits per heavy atom. The van der Waals surface area contributed by atoms with Gasteiger partial charge in [0.25, 0.3) is 11.8 Å². The molecule has 0 aliphatic carbocycles. The summed E-state index contributed by atoms with van der Waals surface area (Å²) in [6, 6.07) is 11.2. The first-order valence-electron chi connectivity index (χ1n) is 8.53. The monoisotopic (exact) mass is 401 g/mol. The van der Waals surface area contributed by atoms with Gasteiger partial charge in [0, 0.05) is 18.3 Å². The first-order valence-corrected chi connectivity index (χ1v) is 8.53. The summed E-state index contributed by atoms with van der Waals surface area (Å²) in [5, 5.41) is 13.4. The van der Waals surface area contributed by atoms with Crippen LogP contribution in [0.1, 0.15) is 22.3 Å². The normalized spacial score (nSPS) is 9.97. The number of benzene rings is 2. The van der Waals surface area contributed by atoms with Gasteiger partial charge in [-0.15, -0.1) is 0 Å². The van der Waals surface area contributed by atoms with Gasteiger partial charge in [0.2, 0.25) is 0 Å². The van der Waals surface area contributed by atoms with Gasteiger partial charge in [-0.1, -0.05) is 12.1 Å². The van der Waals surface area contributed by atoms with Crippen LogP contribution in [0.3, 0.4) is 0 Å². The van der Waals surface area contributed by atoms with Crippen molar-refractivity contribution < 1.29 is 27.9 Å². The Balaban J connectivity index is 1.69. The number of anilines is 1. The van der Waals surface area contributed by atoms with E-state index in [0.29, 0.717) is 11.8 Å². The topological polar surface area (TPSA) is 108 Å². The van der Waals surface area contributed by atoms with Gasteiger partial charge >= 0.3 is 5.97 Å². The smallest absolute Gasteiger partial charge is 0.308 e. The third-order valence-electron chi connectivity index (χ3n) is 3.68. The number of nitrogens with one attached hydrogen (secondary N) is 2. The molecule has 150 valence electrons. The minimum absolute atomic E-state index is 0.142. The van der Waals surface area contributed by atoms with Gasteiger partial charge in [0.15, 0.2) is 6.61 Å². The van der Waals surface area contributed by atoms with Crippen LogP contribution in [0.4, 0.5) is 14.5 Å². The first-order chi connectivity index (χ1) is 13.9. The lowest BCUT2D eigenvalue weighted by Crippen LogP contribution is -2.28. The standard InChI is InChI=1S/C20H17F2N3O4/c21-14-3-6-16(17(22)11-14)20(28)24-10-8-19(27)29-12-18(26)25-15-4-1-13(2-5-15)7-9-23/h1-6,11H,7-8,10,12H2,(H,24,28)(H,25,26). The summed E-state index contributed by atoms with van der Waals surface area (Å²) < 4.78 is 31.1. The molecule has 0 heterocycles. The molecule has 0 atom stereocenters. The summed E-state index contributed by atoms with van der Waals surface area (Å²) in [5.74, 6) is -3.90. The highest BCUT2D eigenvalue weighted by molar-refractivity contribution is 5.95. The number of halogens is 2. The number of amides is 2. The molecule has 7 nitrogen and oxygen atoms in total. The number of ether oxygens (including phenoxy) is 1. The number of hydrogen-bond donors (Lipinski definition) is 2. The maximum absolute atomic E-state index is 13.5. The van der Waals surface area contributed by atoms with Gasteiger partial charge in [0.05, 0.1) is 24.5 Å². The molecule has 2 amide bonds. The Bertz CT molecular complexity index is 940. The Hall–Kier alpha value is -3.80. The van der Waals surface area contributed by atoms with Crippen LogP contribution >= 0.6 is 0 Å². The van der Waals surface area contributed by atoms with E-state index in [9.17, 15) is 23.2 Å².